The van der Waals surface area contributed by atoms with Gasteiger partial charge in [-0.15, -0.1) is 11.6 Å². The highest BCUT2D eigenvalue weighted by molar-refractivity contribution is 6.18. The number of piperidine rings is 1. The Labute approximate surface area is 159 Å². The van der Waals surface area contributed by atoms with Crippen LogP contribution in [-0.4, -0.2) is 45.2 Å². The number of phenols is 3. The van der Waals surface area contributed by atoms with E-state index in [9.17, 15) is 15.3 Å². The number of halogens is 1. The molecule has 0 bridgehead atoms. The third-order valence-corrected chi connectivity index (χ3v) is 5.24. The Morgan fingerprint density at radius 1 is 1.04 bits per heavy atom. The fraction of sp³-hybridized carbons (Fsp3) is 0.333. The van der Waals surface area contributed by atoms with Gasteiger partial charge in [0.05, 0.1) is 0 Å². The number of hydrogen-bond donors (Lipinski definition) is 3. The fourth-order valence-corrected chi connectivity index (χ4v) is 3.74. The van der Waals surface area contributed by atoms with Crippen LogP contribution in [0.3, 0.4) is 0 Å². The molecule has 1 unspecified atom stereocenters. The van der Waals surface area contributed by atoms with Gasteiger partial charge in [-0.2, -0.15) is 0 Å². The van der Waals surface area contributed by atoms with E-state index in [2.05, 4.69) is 4.90 Å². The molecule has 0 saturated carbocycles. The summed E-state index contributed by atoms with van der Waals surface area (Å²) in [6.07, 6.45) is 5.48. The fourth-order valence-electron chi connectivity index (χ4n) is 3.39. The highest BCUT2D eigenvalue weighted by Gasteiger charge is 2.22. The van der Waals surface area contributed by atoms with Crippen LogP contribution in [0.15, 0.2) is 42.5 Å². The minimum Gasteiger partial charge on any atom is -0.508 e. The van der Waals surface area contributed by atoms with E-state index in [1.54, 1.807) is 24.3 Å². The minimum atomic E-state index is -0.139. The molecule has 0 radical (unpaired) electrons. The monoisotopic (exact) mass is 373 g/mol. The van der Waals surface area contributed by atoms with Crippen molar-refractivity contribution in [3.63, 3.8) is 0 Å². The van der Waals surface area contributed by atoms with Crippen molar-refractivity contribution in [2.45, 2.75) is 25.3 Å². The van der Waals surface area contributed by atoms with Gasteiger partial charge in [0.2, 0.25) is 0 Å². The summed E-state index contributed by atoms with van der Waals surface area (Å²) in [7, 11) is 0. The van der Waals surface area contributed by atoms with E-state index in [0.29, 0.717) is 11.9 Å². The lowest BCUT2D eigenvalue weighted by Gasteiger charge is -2.35. The lowest BCUT2D eigenvalue weighted by molar-refractivity contribution is 0.184. The summed E-state index contributed by atoms with van der Waals surface area (Å²) < 4.78 is 0. The Hall–Kier alpha value is -2.17. The average molecular weight is 374 g/mol. The summed E-state index contributed by atoms with van der Waals surface area (Å²) in [6, 6.07) is 12.3. The highest BCUT2D eigenvalue weighted by Crippen LogP contribution is 2.29. The molecule has 1 heterocycles. The third kappa shape index (κ3) is 4.51. The SMILES string of the molecule is Oc1ccc(/C(=C\c2ccc(O)c(O)c2)CN2CCCCC2CCl)cc1. The van der Waals surface area contributed by atoms with Gasteiger partial charge < -0.3 is 15.3 Å². The second kappa shape index (κ2) is 8.47. The van der Waals surface area contributed by atoms with Crippen LogP contribution < -0.4 is 0 Å². The number of nitrogens with zero attached hydrogens (tertiary/aromatic N) is 1. The molecule has 1 saturated heterocycles. The van der Waals surface area contributed by atoms with Crippen LogP contribution in [0, 0.1) is 0 Å². The van der Waals surface area contributed by atoms with Gasteiger partial charge in [0.25, 0.3) is 0 Å². The first-order chi connectivity index (χ1) is 12.6. The number of likely N-dealkylation sites (tertiary alicyclic amines) is 1. The largest absolute Gasteiger partial charge is 0.508 e. The predicted octanol–water partition coefficient (Wildman–Crippen LogP) is 4.44. The second-order valence-electron chi connectivity index (χ2n) is 6.74. The van der Waals surface area contributed by atoms with Crippen LogP contribution in [0.2, 0.25) is 0 Å². The maximum atomic E-state index is 9.78. The van der Waals surface area contributed by atoms with Crippen molar-refractivity contribution >= 4 is 23.3 Å². The van der Waals surface area contributed by atoms with E-state index in [1.807, 2.05) is 18.2 Å². The summed E-state index contributed by atoms with van der Waals surface area (Å²) in [4.78, 5) is 2.40. The summed E-state index contributed by atoms with van der Waals surface area (Å²) in [5, 5.41) is 28.9. The van der Waals surface area contributed by atoms with Crippen LogP contribution in [0.5, 0.6) is 17.2 Å². The van der Waals surface area contributed by atoms with Crippen LogP contribution >= 0.6 is 11.6 Å². The van der Waals surface area contributed by atoms with Crippen molar-refractivity contribution in [2.24, 2.45) is 0 Å². The molecule has 2 aromatic carbocycles. The molecular formula is C21H24ClNO3. The second-order valence-corrected chi connectivity index (χ2v) is 7.05. The normalized spacial score (nSPS) is 18.8. The lowest BCUT2D eigenvalue weighted by Crippen LogP contribution is -2.41. The molecule has 2 aromatic rings. The van der Waals surface area contributed by atoms with Crippen LogP contribution in [-0.2, 0) is 0 Å². The zero-order valence-electron chi connectivity index (χ0n) is 14.6. The van der Waals surface area contributed by atoms with Crippen molar-refractivity contribution < 1.29 is 15.3 Å². The predicted molar refractivity (Wildman–Crippen MR) is 106 cm³/mol. The van der Waals surface area contributed by atoms with Gasteiger partial charge in [0, 0.05) is 18.5 Å². The van der Waals surface area contributed by atoms with Gasteiger partial charge in [-0.1, -0.05) is 24.6 Å². The molecule has 0 aliphatic carbocycles. The molecule has 1 aliphatic heterocycles. The van der Waals surface area contributed by atoms with E-state index < -0.39 is 0 Å². The van der Waals surface area contributed by atoms with Gasteiger partial charge in [-0.3, -0.25) is 4.90 Å². The number of phenolic OH excluding ortho intramolecular Hbond substituents is 3. The maximum absolute atomic E-state index is 9.78. The molecule has 0 amide bonds. The van der Waals surface area contributed by atoms with Gasteiger partial charge in [-0.25, -0.2) is 0 Å². The minimum absolute atomic E-state index is 0.133. The van der Waals surface area contributed by atoms with Crippen LogP contribution in [0.1, 0.15) is 30.4 Å². The molecule has 0 spiro atoms. The average Bonchev–Trinajstić information content (AvgIpc) is 2.65. The smallest absolute Gasteiger partial charge is 0.157 e. The van der Waals surface area contributed by atoms with Gasteiger partial charge in [0.1, 0.15) is 5.75 Å². The van der Waals surface area contributed by atoms with Gasteiger partial charge >= 0.3 is 0 Å². The van der Waals surface area contributed by atoms with Crippen molar-refractivity contribution in [2.75, 3.05) is 19.0 Å². The molecule has 1 aliphatic rings. The van der Waals surface area contributed by atoms with Gasteiger partial charge in [-0.05, 0) is 66.4 Å². The zero-order chi connectivity index (χ0) is 18.5. The molecule has 3 N–H and O–H groups in total. The summed E-state index contributed by atoms with van der Waals surface area (Å²) in [5.41, 5.74) is 2.89. The lowest BCUT2D eigenvalue weighted by atomic mass is 9.98. The first-order valence-corrected chi connectivity index (χ1v) is 9.42. The standard InChI is InChI=1S/C21H24ClNO3/c22-13-18-3-1-2-10-23(18)14-17(16-5-7-19(24)8-6-16)11-15-4-9-20(25)21(26)12-15/h4-9,11-12,18,24-26H,1-3,10,13-14H2/b17-11-. The van der Waals surface area contributed by atoms with E-state index in [0.717, 1.165) is 42.6 Å². The first-order valence-electron chi connectivity index (χ1n) is 8.89. The summed E-state index contributed by atoms with van der Waals surface area (Å²) >= 11 is 6.17. The van der Waals surface area contributed by atoms with E-state index in [4.69, 9.17) is 11.6 Å². The number of alkyl halides is 1. The number of hydrogen-bond acceptors (Lipinski definition) is 4. The number of benzene rings is 2. The molecule has 1 atom stereocenters. The van der Waals surface area contributed by atoms with Crippen molar-refractivity contribution in [1.82, 2.24) is 4.90 Å². The molecule has 4 nitrogen and oxygen atoms in total. The van der Waals surface area contributed by atoms with Crippen LogP contribution in [0.25, 0.3) is 11.6 Å². The van der Waals surface area contributed by atoms with Crippen LogP contribution in [0.4, 0.5) is 0 Å². The maximum Gasteiger partial charge on any atom is 0.157 e. The Morgan fingerprint density at radius 2 is 1.81 bits per heavy atom. The summed E-state index contributed by atoms with van der Waals surface area (Å²) in [5.74, 6) is 0.571. The molecule has 1 fully saturated rings. The van der Waals surface area contributed by atoms with Crippen molar-refractivity contribution in [3.05, 3.63) is 53.6 Å². The Kier molecular flexibility index (Phi) is 6.07. The third-order valence-electron chi connectivity index (χ3n) is 4.88. The summed E-state index contributed by atoms with van der Waals surface area (Å²) in [6.45, 7) is 1.75. The topological polar surface area (TPSA) is 63.9 Å². The van der Waals surface area contributed by atoms with E-state index >= 15 is 0 Å². The molecule has 5 heteroatoms. The first kappa shape index (κ1) is 18.6. The molecule has 0 aromatic heterocycles. The molecule has 3 rings (SSSR count). The van der Waals surface area contributed by atoms with E-state index in [1.165, 1.54) is 12.5 Å². The number of aromatic hydroxyl groups is 3. The highest BCUT2D eigenvalue weighted by atomic mass is 35.5. The molecule has 26 heavy (non-hydrogen) atoms. The Balaban J connectivity index is 1.94. The Bertz CT molecular complexity index is 773. The molecule has 138 valence electrons. The molecular weight excluding hydrogens is 350 g/mol. The zero-order valence-corrected chi connectivity index (χ0v) is 15.4. The van der Waals surface area contributed by atoms with E-state index in [-0.39, 0.29) is 17.2 Å². The van der Waals surface area contributed by atoms with Crippen molar-refractivity contribution in [1.29, 1.82) is 0 Å². The van der Waals surface area contributed by atoms with Gasteiger partial charge in [0.15, 0.2) is 11.5 Å². The Morgan fingerprint density at radius 3 is 2.50 bits per heavy atom. The number of rotatable bonds is 5. The quantitative estimate of drug-likeness (QED) is 0.412. The van der Waals surface area contributed by atoms with Crippen molar-refractivity contribution in [3.8, 4) is 17.2 Å².